The van der Waals surface area contributed by atoms with Crippen LogP contribution in [-0.2, 0) is 11.2 Å². The zero-order chi connectivity index (χ0) is 14.3. The van der Waals surface area contributed by atoms with Gasteiger partial charge < -0.3 is 11.1 Å². The Labute approximate surface area is 110 Å². The number of anilines is 1. The summed E-state index contributed by atoms with van der Waals surface area (Å²) in [6, 6.07) is 6.90. The van der Waals surface area contributed by atoms with Crippen LogP contribution in [0.4, 0.5) is 18.9 Å². The van der Waals surface area contributed by atoms with Crippen molar-refractivity contribution in [2.24, 2.45) is 0 Å². The first-order chi connectivity index (χ1) is 8.87. The fourth-order valence-corrected chi connectivity index (χ4v) is 1.56. The molecule has 6 heteroatoms. The van der Waals surface area contributed by atoms with E-state index in [1.54, 1.807) is 24.3 Å². The highest BCUT2D eigenvalue weighted by Crippen LogP contribution is 2.21. The number of carbonyl (C=O) groups is 1. The van der Waals surface area contributed by atoms with E-state index in [0.717, 1.165) is 5.56 Å². The average molecular weight is 274 g/mol. The van der Waals surface area contributed by atoms with Crippen LogP contribution in [0.2, 0.25) is 0 Å². The first-order valence-electron chi connectivity index (χ1n) is 6.05. The van der Waals surface area contributed by atoms with Gasteiger partial charge in [0, 0.05) is 18.7 Å². The number of rotatable bonds is 6. The lowest BCUT2D eigenvalue weighted by atomic mass is 10.1. The SMILES string of the molecule is Nc1ccc(CC(=O)NCCCCC(F)(F)F)cc1. The number of nitrogens with two attached hydrogens (primary N) is 1. The van der Waals surface area contributed by atoms with Gasteiger partial charge in [-0.25, -0.2) is 0 Å². The molecule has 1 aromatic rings. The molecule has 0 aromatic heterocycles. The van der Waals surface area contributed by atoms with E-state index in [-0.39, 0.29) is 25.3 Å². The zero-order valence-electron chi connectivity index (χ0n) is 10.5. The predicted molar refractivity (Wildman–Crippen MR) is 67.5 cm³/mol. The second-order valence-corrected chi connectivity index (χ2v) is 4.34. The lowest BCUT2D eigenvalue weighted by molar-refractivity contribution is -0.135. The zero-order valence-corrected chi connectivity index (χ0v) is 10.5. The van der Waals surface area contributed by atoms with E-state index >= 15 is 0 Å². The molecule has 19 heavy (non-hydrogen) atoms. The monoisotopic (exact) mass is 274 g/mol. The number of unbranched alkanes of at least 4 members (excludes halogenated alkanes) is 1. The van der Waals surface area contributed by atoms with Gasteiger partial charge >= 0.3 is 6.18 Å². The summed E-state index contributed by atoms with van der Waals surface area (Å²) < 4.78 is 35.6. The lowest BCUT2D eigenvalue weighted by Gasteiger charge is -2.07. The number of nitrogens with one attached hydrogen (secondary N) is 1. The molecule has 0 aliphatic heterocycles. The van der Waals surface area contributed by atoms with Crippen molar-refractivity contribution in [2.75, 3.05) is 12.3 Å². The van der Waals surface area contributed by atoms with Gasteiger partial charge in [0.1, 0.15) is 0 Å². The van der Waals surface area contributed by atoms with E-state index in [1.807, 2.05) is 0 Å². The number of benzene rings is 1. The number of hydrogen-bond donors (Lipinski definition) is 2. The Balaban J connectivity index is 2.16. The summed E-state index contributed by atoms with van der Waals surface area (Å²) in [7, 11) is 0. The fourth-order valence-electron chi connectivity index (χ4n) is 1.56. The fraction of sp³-hybridized carbons (Fsp3) is 0.462. The van der Waals surface area contributed by atoms with Crippen molar-refractivity contribution in [1.29, 1.82) is 0 Å². The number of nitrogen functional groups attached to an aromatic ring is 1. The van der Waals surface area contributed by atoms with Crippen molar-refractivity contribution in [2.45, 2.75) is 31.9 Å². The van der Waals surface area contributed by atoms with Crippen molar-refractivity contribution in [3.63, 3.8) is 0 Å². The Kier molecular flexibility index (Phi) is 5.66. The van der Waals surface area contributed by atoms with Gasteiger partial charge in [-0.1, -0.05) is 12.1 Å². The molecule has 1 rings (SSSR count). The van der Waals surface area contributed by atoms with E-state index in [1.165, 1.54) is 0 Å². The first kappa shape index (κ1) is 15.3. The van der Waals surface area contributed by atoms with Crippen molar-refractivity contribution in [3.8, 4) is 0 Å². The number of alkyl halides is 3. The molecule has 0 unspecified atom stereocenters. The molecule has 0 atom stereocenters. The molecule has 3 nitrogen and oxygen atoms in total. The molecule has 1 aromatic carbocycles. The number of hydrogen-bond acceptors (Lipinski definition) is 2. The lowest BCUT2D eigenvalue weighted by Crippen LogP contribution is -2.26. The summed E-state index contributed by atoms with van der Waals surface area (Å²) in [6.07, 6.45) is -4.35. The topological polar surface area (TPSA) is 55.1 Å². The predicted octanol–water partition coefficient (Wildman–Crippen LogP) is 2.66. The van der Waals surface area contributed by atoms with Crippen LogP contribution < -0.4 is 11.1 Å². The first-order valence-corrected chi connectivity index (χ1v) is 6.05. The summed E-state index contributed by atoms with van der Waals surface area (Å²) in [5.41, 5.74) is 6.96. The standard InChI is InChI=1S/C13H17F3N2O/c14-13(15,16)7-1-2-8-18-12(19)9-10-3-5-11(17)6-4-10/h3-6H,1-2,7-9,17H2,(H,18,19). The Hall–Kier alpha value is -1.72. The average Bonchev–Trinajstić information content (AvgIpc) is 2.30. The van der Waals surface area contributed by atoms with Crippen LogP contribution >= 0.6 is 0 Å². The number of amides is 1. The van der Waals surface area contributed by atoms with Gasteiger partial charge in [-0.15, -0.1) is 0 Å². The van der Waals surface area contributed by atoms with Gasteiger partial charge in [-0.05, 0) is 30.5 Å². The third-order valence-corrected chi connectivity index (χ3v) is 2.55. The molecule has 1 amide bonds. The molecule has 0 bridgehead atoms. The minimum absolute atomic E-state index is 0.0334. The Morgan fingerprint density at radius 1 is 1.16 bits per heavy atom. The van der Waals surface area contributed by atoms with Gasteiger partial charge in [0.05, 0.1) is 6.42 Å². The quantitative estimate of drug-likeness (QED) is 0.619. The molecular weight excluding hydrogens is 257 g/mol. The third kappa shape index (κ3) is 7.33. The number of halogens is 3. The molecule has 0 spiro atoms. The summed E-state index contributed by atoms with van der Waals surface area (Å²) in [5.74, 6) is -0.197. The maximum absolute atomic E-state index is 11.9. The van der Waals surface area contributed by atoms with Crippen molar-refractivity contribution in [3.05, 3.63) is 29.8 Å². The smallest absolute Gasteiger partial charge is 0.389 e. The number of carbonyl (C=O) groups excluding carboxylic acids is 1. The van der Waals surface area contributed by atoms with Crippen LogP contribution in [0.3, 0.4) is 0 Å². The maximum Gasteiger partial charge on any atom is 0.389 e. The normalized spacial score (nSPS) is 11.3. The van der Waals surface area contributed by atoms with Crippen molar-refractivity contribution >= 4 is 11.6 Å². The molecule has 0 saturated carbocycles. The van der Waals surface area contributed by atoms with Gasteiger partial charge in [0.2, 0.25) is 5.91 Å². The summed E-state index contributed by atoms with van der Waals surface area (Å²) in [4.78, 5) is 11.5. The molecule has 0 saturated heterocycles. The van der Waals surface area contributed by atoms with E-state index < -0.39 is 12.6 Å². The van der Waals surface area contributed by atoms with E-state index in [2.05, 4.69) is 5.32 Å². The van der Waals surface area contributed by atoms with E-state index in [9.17, 15) is 18.0 Å². The van der Waals surface area contributed by atoms with Crippen LogP contribution in [0.5, 0.6) is 0 Å². The van der Waals surface area contributed by atoms with Crippen LogP contribution in [0.15, 0.2) is 24.3 Å². The van der Waals surface area contributed by atoms with Gasteiger partial charge in [0.15, 0.2) is 0 Å². The van der Waals surface area contributed by atoms with Gasteiger partial charge in [-0.2, -0.15) is 13.2 Å². The molecular formula is C13H17F3N2O. The Morgan fingerprint density at radius 3 is 2.37 bits per heavy atom. The maximum atomic E-state index is 11.9. The molecule has 0 heterocycles. The van der Waals surface area contributed by atoms with E-state index in [0.29, 0.717) is 12.1 Å². The molecule has 0 aliphatic carbocycles. The van der Waals surface area contributed by atoms with Crippen LogP contribution in [0.1, 0.15) is 24.8 Å². The highest BCUT2D eigenvalue weighted by atomic mass is 19.4. The Morgan fingerprint density at radius 2 is 1.79 bits per heavy atom. The van der Waals surface area contributed by atoms with Crippen LogP contribution in [0, 0.1) is 0 Å². The van der Waals surface area contributed by atoms with Crippen molar-refractivity contribution in [1.82, 2.24) is 5.32 Å². The summed E-state index contributed by atoms with van der Waals surface area (Å²) in [6.45, 7) is 0.268. The molecule has 0 aliphatic rings. The second-order valence-electron chi connectivity index (χ2n) is 4.34. The van der Waals surface area contributed by atoms with Crippen molar-refractivity contribution < 1.29 is 18.0 Å². The highest BCUT2D eigenvalue weighted by molar-refractivity contribution is 5.78. The van der Waals surface area contributed by atoms with E-state index in [4.69, 9.17) is 5.73 Å². The Bertz CT molecular complexity index is 401. The van der Waals surface area contributed by atoms with Crippen LogP contribution in [-0.4, -0.2) is 18.6 Å². The summed E-state index contributed by atoms with van der Waals surface area (Å²) in [5, 5.41) is 2.59. The highest BCUT2D eigenvalue weighted by Gasteiger charge is 2.25. The minimum Gasteiger partial charge on any atom is -0.399 e. The van der Waals surface area contributed by atoms with Gasteiger partial charge in [0.25, 0.3) is 0 Å². The molecule has 0 fully saturated rings. The second kappa shape index (κ2) is 7.01. The minimum atomic E-state index is -4.12. The third-order valence-electron chi connectivity index (χ3n) is 2.55. The molecule has 106 valence electrons. The van der Waals surface area contributed by atoms with Gasteiger partial charge in [-0.3, -0.25) is 4.79 Å². The molecule has 0 radical (unpaired) electrons. The molecule has 3 N–H and O–H groups in total. The largest absolute Gasteiger partial charge is 0.399 e. The summed E-state index contributed by atoms with van der Waals surface area (Å²) >= 11 is 0. The van der Waals surface area contributed by atoms with Crippen LogP contribution in [0.25, 0.3) is 0 Å².